The molecule has 4 aromatic rings. The van der Waals surface area contributed by atoms with Crippen LogP contribution in [0.25, 0.3) is 11.4 Å². The van der Waals surface area contributed by atoms with Crippen molar-refractivity contribution in [3.63, 3.8) is 0 Å². The van der Waals surface area contributed by atoms with Crippen LogP contribution in [-0.2, 0) is 11.4 Å². The quantitative estimate of drug-likeness (QED) is 0.356. The highest BCUT2D eigenvalue weighted by molar-refractivity contribution is 5.79. The Morgan fingerprint density at radius 3 is 2.44 bits per heavy atom. The van der Waals surface area contributed by atoms with E-state index in [0.717, 1.165) is 16.9 Å². The Morgan fingerprint density at radius 1 is 1.00 bits per heavy atom. The van der Waals surface area contributed by atoms with Crippen molar-refractivity contribution in [2.45, 2.75) is 31.8 Å². The van der Waals surface area contributed by atoms with Crippen LogP contribution in [0.4, 0.5) is 0 Å². The number of ether oxygens (including phenoxy) is 1. The summed E-state index contributed by atoms with van der Waals surface area (Å²) in [5.41, 5.74) is 3.20. The summed E-state index contributed by atoms with van der Waals surface area (Å²) < 4.78 is 11.4. The molecule has 0 spiro atoms. The van der Waals surface area contributed by atoms with Gasteiger partial charge in [-0.15, -0.1) is 0 Å². The van der Waals surface area contributed by atoms with Crippen LogP contribution in [-0.4, -0.2) is 34.0 Å². The molecule has 6 heteroatoms. The predicted molar refractivity (Wildman–Crippen MR) is 129 cm³/mol. The molecule has 1 amide bonds. The molecule has 3 aromatic carbocycles. The van der Waals surface area contributed by atoms with Gasteiger partial charge in [-0.2, -0.15) is 4.98 Å². The highest BCUT2D eigenvalue weighted by Crippen LogP contribution is 2.30. The second kappa shape index (κ2) is 9.91. The van der Waals surface area contributed by atoms with E-state index in [1.165, 1.54) is 5.56 Å². The maximum absolute atomic E-state index is 12.6. The predicted octanol–water partition coefficient (Wildman–Crippen LogP) is 5.44. The van der Waals surface area contributed by atoms with Crippen LogP contribution in [0.3, 0.4) is 0 Å². The molecule has 34 heavy (non-hydrogen) atoms. The number of rotatable bonds is 8. The van der Waals surface area contributed by atoms with E-state index in [-0.39, 0.29) is 17.7 Å². The van der Waals surface area contributed by atoms with Crippen molar-refractivity contribution >= 4 is 5.91 Å². The number of hydrogen-bond donors (Lipinski definition) is 0. The molecular weight excluding hydrogens is 426 g/mol. The fourth-order valence-corrected chi connectivity index (χ4v) is 4.29. The van der Waals surface area contributed by atoms with E-state index in [4.69, 9.17) is 9.26 Å². The minimum atomic E-state index is -0.0785. The van der Waals surface area contributed by atoms with Crippen molar-refractivity contribution in [1.82, 2.24) is 15.0 Å². The van der Waals surface area contributed by atoms with Crippen LogP contribution >= 0.6 is 0 Å². The highest BCUT2D eigenvalue weighted by Gasteiger charge is 2.35. The van der Waals surface area contributed by atoms with Gasteiger partial charge in [-0.25, -0.2) is 0 Å². The second-order valence-electron chi connectivity index (χ2n) is 8.77. The van der Waals surface area contributed by atoms with Gasteiger partial charge in [-0.1, -0.05) is 72.7 Å². The van der Waals surface area contributed by atoms with Crippen LogP contribution in [0.1, 0.15) is 42.2 Å². The lowest BCUT2D eigenvalue weighted by atomic mass is 10.0. The van der Waals surface area contributed by atoms with E-state index in [9.17, 15) is 4.79 Å². The topological polar surface area (TPSA) is 68.5 Å². The summed E-state index contributed by atoms with van der Waals surface area (Å²) >= 11 is 0. The van der Waals surface area contributed by atoms with Gasteiger partial charge in [-0.05, 0) is 41.3 Å². The van der Waals surface area contributed by atoms with Gasteiger partial charge in [0.1, 0.15) is 12.4 Å². The summed E-state index contributed by atoms with van der Waals surface area (Å²) in [7, 11) is 0. The largest absolute Gasteiger partial charge is 0.489 e. The molecule has 2 unspecified atom stereocenters. The molecule has 1 aliphatic rings. The molecule has 2 heterocycles. The average molecular weight is 454 g/mol. The zero-order valence-electron chi connectivity index (χ0n) is 19.1. The van der Waals surface area contributed by atoms with Crippen molar-refractivity contribution in [3.05, 3.63) is 102 Å². The Hall–Kier alpha value is -3.93. The molecular formula is C28H27N3O3. The molecule has 0 bridgehead atoms. The Bertz CT molecular complexity index is 1220. The fraction of sp³-hybridized carbons (Fsp3) is 0.250. The van der Waals surface area contributed by atoms with Gasteiger partial charge in [0.05, 0.1) is 5.92 Å². The van der Waals surface area contributed by atoms with Gasteiger partial charge in [0.15, 0.2) is 0 Å². The van der Waals surface area contributed by atoms with Gasteiger partial charge in [0, 0.05) is 25.1 Å². The molecule has 0 radical (unpaired) electrons. The van der Waals surface area contributed by atoms with Gasteiger partial charge < -0.3 is 14.2 Å². The van der Waals surface area contributed by atoms with E-state index in [0.29, 0.717) is 37.8 Å². The summed E-state index contributed by atoms with van der Waals surface area (Å²) in [5, 5.41) is 4.16. The second-order valence-corrected chi connectivity index (χ2v) is 8.77. The Kier molecular flexibility index (Phi) is 6.38. The third kappa shape index (κ3) is 5.01. The Labute approximate surface area is 199 Å². The van der Waals surface area contributed by atoms with Crippen molar-refractivity contribution in [2.24, 2.45) is 0 Å². The minimum Gasteiger partial charge on any atom is -0.489 e. The zero-order valence-corrected chi connectivity index (χ0v) is 19.1. The molecule has 0 saturated carbocycles. The molecule has 1 fully saturated rings. The maximum Gasteiger partial charge on any atom is 0.232 e. The lowest BCUT2D eigenvalue weighted by Gasteiger charge is -2.21. The molecule has 1 saturated heterocycles. The first-order valence-corrected chi connectivity index (χ1v) is 11.6. The van der Waals surface area contributed by atoms with Crippen LogP contribution in [0.15, 0.2) is 89.5 Å². The highest BCUT2D eigenvalue weighted by atomic mass is 16.5. The summed E-state index contributed by atoms with van der Waals surface area (Å²) in [6.07, 6.45) is 0.398. The summed E-state index contributed by atoms with van der Waals surface area (Å²) in [6, 6.07) is 28.0. The van der Waals surface area contributed by atoms with E-state index >= 15 is 0 Å². The molecule has 5 rings (SSSR count). The van der Waals surface area contributed by atoms with E-state index < -0.39 is 0 Å². The number of amides is 1. The van der Waals surface area contributed by atoms with Crippen molar-refractivity contribution in [1.29, 1.82) is 0 Å². The number of hydrogen-bond acceptors (Lipinski definition) is 5. The number of likely N-dealkylation sites (tertiary alicyclic amines) is 1. The summed E-state index contributed by atoms with van der Waals surface area (Å²) in [4.78, 5) is 19.1. The number of benzene rings is 3. The zero-order chi connectivity index (χ0) is 23.3. The summed E-state index contributed by atoms with van der Waals surface area (Å²) in [5.74, 6) is 2.14. The molecule has 0 aliphatic carbocycles. The molecule has 0 N–H and O–H groups in total. The number of aromatic nitrogens is 2. The number of carbonyl (C=O) groups excluding carboxylic acids is 1. The number of carbonyl (C=O) groups is 1. The lowest BCUT2D eigenvalue weighted by Crippen LogP contribution is -2.29. The number of nitrogens with zero attached hydrogens (tertiary/aromatic N) is 3. The lowest BCUT2D eigenvalue weighted by molar-refractivity contribution is -0.127. The normalized spacial score (nSPS) is 16.6. The summed E-state index contributed by atoms with van der Waals surface area (Å²) in [6.45, 7) is 3.95. The first-order chi connectivity index (χ1) is 16.7. The van der Waals surface area contributed by atoms with Crippen LogP contribution in [0.5, 0.6) is 5.75 Å². The molecule has 172 valence electrons. The van der Waals surface area contributed by atoms with Crippen molar-refractivity contribution in [2.75, 3.05) is 13.1 Å². The maximum atomic E-state index is 12.6. The first kappa shape index (κ1) is 21.9. The van der Waals surface area contributed by atoms with E-state index in [1.807, 2.05) is 77.7 Å². The van der Waals surface area contributed by atoms with Crippen LogP contribution < -0.4 is 4.74 Å². The Morgan fingerprint density at radius 2 is 1.71 bits per heavy atom. The molecule has 1 aromatic heterocycles. The van der Waals surface area contributed by atoms with Gasteiger partial charge >= 0.3 is 0 Å². The standard InChI is InChI=1S/C28H27N3O3/c1-20(22-10-6-3-7-11-22)17-31-18-24(16-26(31)32)28-29-27(30-34-28)23-12-14-25(15-13-23)33-19-21-8-4-2-5-9-21/h2-15,20,24H,16-19H2,1H3. The van der Waals surface area contributed by atoms with Gasteiger partial charge in [0.25, 0.3) is 0 Å². The van der Waals surface area contributed by atoms with Crippen LogP contribution in [0, 0.1) is 0 Å². The van der Waals surface area contributed by atoms with E-state index in [1.54, 1.807) is 0 Å². The van der Waals surface area contributed by atoms with Gasteiger partial charge in [-0.3, -0.25) is 4.79 Å². The average Bonchev–Trinajstić information content (AvgIpc) is 3.51. The minimum absolute atomic E-state index is 0.0785. The third-order valence-electron chi connectivity index (χ3n) is 6.23. The smallest absolute Gasteiger partial charge is 0.232 e. The first-order valence-electron chi connectivity index (χ1n) is 11.6. The molecule has 2 atom stereocenters. The molecule has 1 aliphatic heterocycles. The monoisotopic (exact) mass is 453 g/mol. The fourth-order valence-electron chi connectivity index (χ4n) is 4.29. The van der Waals surface area contributed by atoms with Crippen LogP contribution in [0.2, 0.25) is 0 Å². The third-order valence-corrected chi connectivity index (χ3v) is 6.23. The molecule has 6 nitrogen and oxygen atoms in total. The Balaban J connectivity index is 1.19. The SMILES string of the molecule is CC(CN1CC(c2nc(-c3ccc(OCc4ccccc4)cc3)no2)CC1=O)c1ccccc1. The van der Waals surface area contributed by atoms with Gasteiger partial charge in [0.2, 0.25) is 17.6 Å². The van der Waals surface area contributed by atoms with Crippen molar-refractivity contribution in [3.8, 4) is 17.1 Å². The van der Waals surface area contributed by atoms with E-state index in [2.05, 4.69) is 29.2 Å². The van der Waals surface area contributed by atoms with Crippen molar-refractivity contribution < 1.29 is 14.1 Å².